The summed E-state index contributed by atoms with van der Waals surface area (Å²) in [6.45, 7) is 11.4. The summed E-state index contributed by atoms with van der Waals surface area (Å²) in [7, 11) is 0. The van der Waals surface area contributed by atoms with E-state index in [2.05, 4.69) is 33.6 Å². The highest BCUT2D eigenvalue weighted by atomic mass is 32.1. The van der Waals surface area contributed by atoms with E-state index >= 15 is 0 Å². The zero-order valence-corrected chi connectivity index (χ0v) is 15.6. The van der Waals surface area contributed by atoms with E-state index in [1.807, 2.05) is 18.4 Å². The van der Waals surface area contributed by atoms with E-state index in [1.165, 1.54) is 11.3 Å². The van der Waals surface area contributed by atoms with Gasteiger partial charge in [-0.1, -0.05) is 12.7 Å². The van der Waals surface area contributed by atoms with Crippen molar-refractivity contribution in [1.82, 2.24) is 14.9 Å². The molecule has 0 spiro atoms. The quantitative estimate of drug-likeness (QED) is 0.601. The zero-order valence-electron chi connectivity index (χ0n) is 14.8. The molecule has 0 aliphatic carbocycles. The Morgan fingerprint density at radius 3 is 2.88 bits per heavy atom. The molecule has 1 amide bonds. The molecule has 136 valence electrons. The lowest BCUT2D eigenvalue weighted by Gasteiger charge is -2.43. The highest BCUT2D eigenvalue weighted by Gasteiger charge is 2.40. The molecule has 1 aliphatic rings. The van der Waals surface area contributed by atoms with Crippen LogP contribution in [0.5, 0.6) is 0 Å². The van der Waals surface area contributed by atoms with Gasteiger partial charge in [0.05, 0.1) is 40.6 Å². The van der Waals surface area contributed by atoms with Gasteiger partial charge in [0.25, 0.3) is 5.91 Å². The number of rotatable bonds is 6. The molecule has 7 nitrogen and oxygen atoms in total. The van der Waals surface area contributed by atoms with Gasteiger partial charge in [0.2, 0.25) is 5.95 Å². The monoisotopic (exact) mass is 371 g/mol. The second kappa shape index (κ2) is 6.97. The predicted octanol–water partition coefficient (Wildman–Crippen LogP) is 2.47. The third-order valence-electron chi connectivity index (χ3n) is 4.12. The number of nitrogens with one attached hydrogen (secondary N) is 1. The Morgan fingerprint density at radius 2 is 2.27 bits per heavy atom. The van der Waals surface area contributed by atoms with Crippen LogP contribution in [0, 0.1) is 0 Å². The topological polar surface area (TPSA) is 90.7 Å². The number of likely N-dealkylation sites (tertiary alicyclic amines) is 1. The fourth-order valence-corrected chi connectivity index (χ4v) is 3.68. The number of hydrogen-bond donors (Lipinski definition) is 2. The Bertz CT molecular complexity index is 894. The van der Waals surface area contributed by atoms with E-state index in [1.54, 1.807) is 24.0 Å². The first kappa shape index (κ1) is 18.2. The second-order valence-electron chi connectivity index (χ2n) is 6.54. The first-order chi connectivity index (χ1) is 12.3. The number of aliphatic hydroxyl groups is 1. The van der Waals surface area contributed by atoms with Crippen molar-refractivity contribution < 1.29 is 9.90 Å². The summed E-state index contributed by atoms with van der Waals surface area (Å²) in [5.74, 6) is 0.142. The normalized spacial score (nSPS) is 17.5. The van der Waals surface area contributed by atoms with Crippen molar-refractivity contribution in [1.29, 1.82) is 0 Å². The molecule has 3 heterocycles. The number of allylic oxidation sites excluding steroid dienone is 2. The second-order valence-corrected chi connectivity index (χ2v) is 7.46. The van der Waals surface area contributed by atoms with Crippen LogP contribution in [0.1, 0.15) is 24.3 Å². The van der Waals surface area contributed by atoms with Crippen molar-refractivity contribution in [2.45, 2.75) is 25.5 Å². The summed E-state index contributed by atoms with van der Waals surface area (Å²) in [4.78, 5) is 27.3. The van der Waals surface area contributed by atoms with Gasteiger partial charge < -0.3 is 15.3 Å². The molecule has 2 aromatic heterocycles. The molecule has 0 saturated carbocycles. The maximum absolute atomic E-state index is 12.8. The van der Waals surface area contributed by atoms with Crippen molar-refractivity contribution in [3.05, 3.63) is 41.6 Å². The van der Waals surface area contributed by atoms with Crippen LogP contribution in [0.4, 0.5) is 5.95 Å². The molecule has 8 heteroatoms. The minimum absolute atomic E-state index is 0.200. The van der Waals surface area contributed by atoms with Crippen molar-refractivity contribution in [2.24, 2.45) is 4.99 Å². The van der Waals surface area contributed by atoms with Gasteiger partial charge in [-0.3, -0.25) is 9.79 Å². The number of carbonyl (C=O) groups is 1. The summed E-state index contributed by atoms with van der Waals surface area (Å²) < 4.78 is 0.739. The van der Waals surface area contributed by atoms with E-state index in [0.717, 1.165) is 4.70 Å². The minimum atomic E-state index is -0.827. The molecule has 1 atom stereocenters. The Balaban J connectivity index is 1.91. The van der Waals surface area contributed by atoms with Crippen LogP contribution in [0.25, 0.3) is 10.2 Å². The van der Waals surface area contributed by atoms with E-state index in [-0.39, 0.29) is 11.9 Å². The number of carbonyl (C=O) groups excluding carboxylic acids is 1. The van der Waals surface area contributed by atoms with Crippen LogP contribution in [-0.2, 0) is 0 Å². The molecule has 26 heavy (non-hydrogen) atoms. The van der Waals surface area contributed by atoms with Gasteiger partial charge in [0.15, 0.2) is 5.69 Å². The SMILES string of the molecule is C=C/C=C(\N=C)C(C)Nc1nc(C(=O)N2CC(C)(O)C2)c2sccc2n1. The molecular formula is C18H21N5O2S. The van der Waals surface area contributed by atoms with Gasteiger partial charge in [-0.15, -0.1) is 11.3 Å². The Hall–Kier alpha value is -2.58. The summed E-state index contributed by atoms with van der Waals surface area (Å²) in [6, 6.07) is 1.65. The number of aliphatic imine (C=N–C) groups is 1. The summed E-state index contributed by atoms with van der Waals surface area (Å²) in [5, 5.41) is 14.9. The largest absolute Gasteiger partial charge is 0.386 e. The van der Waals surface area contributed by atoms with Crippen LogP contribution in [0.2, 0.25) is 0 Å². The molecule has 3 rings (SSSR count). The third kappa shape index (κ3) is 3.51. The summed E-state index contributed by atoms with van der Waals surface area (Å²) in [6.07, 6.45) is 3.39. The Labute approximate surface area is 155 Å². The van der Waals surface area contributed by atoms with Crippen molar-refractivity contribution in [3.8, 4) is 0 Å². The summed E-state index contributed by atoms with van der Waals surface area (Å²) in [5.41, 5.74) is 0.917. The molecule has 1 fully saturated rings. The molecule has 1 aliphatic heterocycles. The molecule has 0 radical (unpaired) electrons. The Morgan fingerprint density at radius 1 is 1.54 bits per heavy atom. The molecule has 2 aromatic rings. The van der Waals surface area contributed by atoms with Gasteiger partial charge in [0, 0.05) is 0 Å². The fraction of sp³-hybridized carbons (Fsp3) is 0.333. The molecule has 2 N–H and O–H groups in total. The van der Waals surface area contributed by atoms with Crippen molar-refractivity contribution in [2.75, 3.05) is 18.4 Å². The van der Waals surface area contributed by atoms with Crippen LogP contribution >= 0.6 is 11.3 Å². The fourth-order valence-electron chi connectivity index (χ4n) is 2.86. The van der Waals surface area contributed by atoms with Gasteiger partial charge in [0.1, 0.15) is 0 Å². The zero-order chi connectivity index (χ0) is 18.9. The number of thiophene rings is 1. The average Bonchev–Trinajstić information content (AvgIpc) is 3.04. The van der Waals surface area contributed by atoms with Crippen LogP contribution < -0.4 is 5.32 Å². The number of nitrogens with zero attached hydrogens (tertiary/aromatic N) is 4. The van der Waals surface area contributed by atoms with Crippen LogP contribution in [-0.4, -0.2) is 57.3 Å². The highest BCUT2D eigenvalue weighted by Crippen LogP contribution is 2.28. The number of aromatic nitrogens is 2. The van der Waals surface area contributed by atoms with Crippen molar-refractivity contribution in [3.63, 3.8) is 0 Å². The number of β-amino-alcohol motifs (C(OH)–C–C–N with tert-alkyl or cyclic N) is 1. The predicted molar refractivity (Wildman–Crippen MR) is 105 cm³/mol. The molecule has 0 bridgehead atoms. The van der Waals surface area contributed by atoms with Crippen LogP contribution in [0.15, 0.2) is 40.9 Å². The van der Waals surface area contributed by atoms with E-state index in [0.29, 0.717) is 35.9 Å². The lowest BCUT2D eigenvalue weighted by atomic mass is 9.96. The van der Waals surface area contributed by atoms with E-state index < -0.39 is 5.60 Å². The van der Waals surface area contributed by atoms with E-state index in [9.17, 15) is 9.90 Å². The first-order valence-electron chi connectivity index (χ1n) is 8.17. The minimum Gasteiger partial charge on any atom is -0.386 e. The lowest BCUT2D eigenvalue weighted by molar-refractivity contribution is -0.0669. The number of anilines is 1. The standard InChI is InChI=1S/C18H21N5O2S/c1-5-6-12(19-4)11(2)20-17-21-13-7-8-26-15(13)14(22-17)16(24)23-9-18(3,25)10-23/h5-8,11,25H,1,4,9-10H2,2-3H3,(H,20,21,22)/b12-6-. The molecule has 1 unspecified atom stereocenters. The third-order valence-corrected chi connectivity index (χ3v) is 5.03. The Kier molecular flexibility index (Phi) is 4.88. The molecule has 0 aromatic carbocycles. The number of hydrogen-bond acceptors (Lipinski definition) is 7. The van der Waals surface area contributed by atoms with Gasteiger partial charge >= 0.3 is 0 Å². The molecular weight excluding hydrogens is 350 g/mol. The number of amides is 1. The van der Waals surface area contributed by atoms with Gasteiger partial charge in [-0.05, 0) is 38.1 Å². The number of fused-ring (bicyclic) bond motifs is 1. The van der Waals surface area contributed by atoms with Gasteiger partial charge in [-0.2, -0.15) is 0 Å². The van der Waals surface area contributed by atoms with Crippen LogP contribution in [0.3, 0.4) is 0 Å². The maximum atomic E-state index is 12.8. The molecule has 1 saturated heterocycles. The van der Waals surface area contributed by atoms with Crippen molar-refractivity contribution >= 4 is 40.1 Å². The summed E-state index contributed by atoms with van der Waals surface area (Å²) >= 11 is 1.42. The highest BCUT2D eigenvalue weighted by molar-refractivity contribution is 7.17. The first-order valence-corrected chi connectivity index (χ1v) is 9.05. The average molecular weight is 371 g/mol. The van der Waals surface area contributed by atoms with E-state index in [4.69, 9.17) is 0 Å². The van der Waals surface area contributed by atoms with Gasteiger partial charge in [-0.25, -0.2) is 9.97 Å². The lowest BCUT2D eigenvalue weighted by Crippen LogP contribution is -2.61. The smallest absolute Gasteiger partial charge is 0.274 e. The maximum Gasteiger partial charge on any atom is 0.274 e.